The average Bonchev–Trinajstić information content (AvgIpc) is 2.45. The van der Waals surface area contributed by atoms with Gasteiger partial charge in [0, 0.05) is 12.1 Å². The predicted octanol–water partition coefficient (Wildman–Crippen LogP) is 3.12. The normalized spacial score (nSPS) is 33.1. The molecule has 0 aliphatic carbocycles. The summed E-state index contributed by atoms with van der Waals surface area (Å²) in [6, 6.07) is 0. The van der Waals surface area contributed by atoms with Gasteiger partial charge in [-0.3, -0.25) is 4.90 Å². The van der Waals surface area contributed by atoms with Crippen molar-refractivity contribution >= 4 is 0 Å². The molecule has 1 rings (SSSR count). The largest absolute Gasteiger partial charge is 0.296 e. The molecule has 0 spiro atoms. The number of rotatable bonds is 3. The summed E-state index contributed by atoms with van der Waals surface area (Å²) in [4.78, 5) is 2.31. The number of likely N-dealkylation sites (N-methyl/N-ethyl adjacent to an activating group) is 1. The minimum atomic E-state index is 0.243. The highest BCUT2D eigenvalue weighted by Crippen LogP contribution is 2.37. The van der Waals surface area contributed by atoms with Crippen LogP contribution in [-0.4, -0.2) is 24.0 Å². The van der Waals surface area contributed by atoms with E-state index in [1.54, 1.807) is 0 Å². The molecule has 2 heteroatoms. The van der Waals surface area contributed by atoms with Gasteiger partial charge in [-0.2, -0.15) is 0 Å². The van der Waals surface area contributed by atoms with Crippen LogP contribution in [0.4, 0.5) is 4.39 Å². The van der Waals surface area contributed by atoms with Crippen LogP contribution in [0.5, 0.6) is 0 Å². The first-order valence-corrected chi connectivity index (χ1v) is 5.18. The van der Waals surface area contributed by atoms with E-state index in [1.807, 2.05) is 0 Å². The van der Waals surface area contributed by atoms with E-state index in [4.69, 9.17) is 0 Å². The van der Waals surface area contributed by atoms with Crippen molar-refractivity contribution in [3.05, 3.63) is 11.9 Å². The van der Waals surface area contributed by atoms with Gasteiger partial charge in [-0.25, -0.2) is 4.39 Å². The van der Waals surface area contributed by atoms with Gasteiger partial charge in [0.05, 0.1) is 6.33 Å². The van der Waals surface area contributed by atoms with E-state index in [0.29, 0.717) is 0 Å². The lowest BCUT2D eigenvalue weighted by Crippen LogP contribution is -2.40. The zero-order chi connectivity index (χ0) is 9.90. The number of nitrogens with zero attached hydrogens (tertiary/aromatic N) is 1. The molecule has 1 unspecified atom stereocenters. The maximum absolute atomic E-state index is 12.4. The third-order valence-corrected chi connectivity index (χ3v) is 3.33. The standard InChI is InChI=1S/C11H20FN/c1-4-6-11(5-2)7-10(8-12)9-13(11)3/h8H,4-7,9H2,1-3H3/b10-8-. The zero-order valence-corrected chi connectivity index (χ0v) is 8.94. The number of hydrogen-bond donors (Lipinski definition) is 0. The maximum atomic E-state index is 12.4. The van der Waals surface area contributed by atoms with Gasteiger partial charge >= 0.3 is 0 Å². The van der Waals surface area contributed by atoms with Gasteiger partial charge in [-0.05, 0) is 31.9 Å². The Morgan fingerprint density at radius 3 is 2.62 bits per heavy atom. The number of likely N-dealkylation sites (tertiary alicyclic amines) is 1. The Labute approximate surface area is 80.6 Å². The highest BCUT2D eigenvalue weighted by Gasteiger charge is 2.38. The molecule has 1 fully saturated rings. The summed E-state index contributed by atoms with van der Waals surface area (Å²) in [5, 5.41) is 0. The highest BCUT2D eigenvalue weighted by molar-refractivity contribution is 5.15. The summed E-state index contributed by atoms with van der Waals surface area (Å²) in [6.45, 7) is 5.21. The summed E-state index contributed by atoms with van der Waals surface area (Å²) in [5.41, 5.74) is 1.20. The van der Waals surface area contributed by atoms with Crippen LogP contribution in [0.1, 0.15) is 39.5 Å². The monoisotopic (exact) mass is 185 g/mol. The molecular weight excluding hydrogens is 165 g/mol. The van der Waals surface area contributed by atoms with Crippen molar-refractivity contribution in [3.63, 3.8) is 0 Å². The van der Waals surface area contributed by atoms with E-state index in [9.17, 15) is 4.39 Å². The van der Waals surface area contributed by atoms with Gasteiger partial charge in [0.1, 0.15) is 0 Å². The van der Waals surface area contributed by atoms with E-state index in [0.717, 1.165) is 31.3 Å². The molecule has 1 saturated heterocycles. The SMILES string of the molecule is CCCC1(CC)C/C(=C/F)CN1C. The first kappa shape index (κ1) is 10.7. The fourth-order valence-corrected chi connectivity index (χ4v) is 2.48. The van der Waals surface area contributed by atoms with Crippen molar-refractivity contribution < 1.29 is 4.39 Å². The lowest BCUT2D eigenvalue weighted by atomic mass is 9.87. The molecule has 13 heavy (non-hydrogen) atoms. The summed E-state index contributed by atoms with van der Waals surface area (Å²) < 4.78 is 12.4. The van der Waals surface area contributed by atoms with Gasteiger partial charge in [0.15, 0.2) is 0 Å². The molecule has 0 N–H and O–H groups in total. The van der Waals surface area contributed by atoms with E-state index in [-0.39, 0.29) is 5.54 Å². The molecule has 0 aromatic heterocycles. The molecule has 76 valence electrons. The van der Waals surface area contributed by atoms with E-state index < -0.39 is 0 Å². The Balaban J connectivity index is 2.76. The van der Waals surface area contributed by atoms with Crippen molar-refractivity contribution in [2.75, 3.05) is 13.6 Å². The Morgan fingerprint density at radius 2 is 2.23 bits per heavy atom. The molecule has 1 nitrogen and oxygen atoms in total. The van der Waals surface area contributed by atoms with Gasteiger partial charge < -0.3 is 0 Å². The van der Waals surface area contributed by atoms with Gasteiger partial charge in [0.25, 0.3) is 0 Å². The second kappa shape index (κ2) is 4.23. The third-order valence-electron chi connectivity index (χ3n) is 3.33. The topological polar surface area (TPSA) is 3.24 Å². The van der Waals surface area contributed by atoms with Crippen LogP contribution in [0.2, 0.25) is 0 Å². The molecule has 0 amide bonds. The second-order valence-corrected chi connectivity index (χ2v) is 4.13. The number of hydrogen-bond acceptors (Lipinski definition) is 1. The Kier molecular flexibility index (Phi) is 3.48. The van der Waals surface area contributed by atoms with Crippen LogP contribution in [0.25, 0.3) is 0 Å². The molecule has 0 radical (unpaired) electrons. The van der Waals surface area contributed by atoms with Crippen molar-refractivity contribution in [3.8, 4) is 0 Å². The van der Waals surface area contributed by atoms with Crippen molar-refractivity contribution in [1.29, 1.82) is 0 Å². The minimum Gasteiger partial charge on any atom is -0.296 e. The fourth-order valence-electron chi connectivity index (χ4n) is 2.48. The summed E-state index contributed by atoms with van der Waals surface area (Å²) >= 11 is 0. The molecule has 0 saturated carbocycles. The third kappa shape index (κ3) is 1.93. The number of halogens is 1. The van der Waals surface area contributed by atoms with E-state index in [2.05, 4.69) is 25.8 Å². The van der Waals surface area contributed by atoms with Gasteiger partial charge in [0.2, 0.25) is 0 Å². The maximum Gasteiger partial charge on any atom is 0.0872 e. The van der Waals surface area contributed by atoms with Crippen LogP contribution in [-0.2, 0) is 0 Å². The smallest absolute Gasteiger partial charge is 0.0872 e. The molecular formula is C11H20FN. The van der Waals surface area contributed by atoms with E-state index in [1.165, 1.54) is 12.8 Å². The van der Waals surface area contributed by atoms with Crippen LogP contribution < -0.4 is 0 Å². The van der Waals surface area contributed by atoms with Crippen molar-refractivity contribution in [2.45, 2.75) is 45.1 Å². The molecule has 1 aliphatic rings. The summed E-state index contributed by atoms with van der Waals surface area (Å²) in [7, 11) is 2.11. The van der Waals surface area contributed by atoms with Crippen LogP contribution >= 0.6 is 0 Å². The second-order valence-electron chi connectivity index (χ2n) is 4.13. The minimum absolute atomic E-state index is 0.243. The first-order chi connectivity index (χ1) is 6.18. The van der Waals surface area contributed by atoms with Crippen molar-refractivity contribution in [1.82, 2.24) is 4.90 Å². The van der Waals surface area contributed by atoms with Gasteiger partial charge in [-0.15, -0.1) is 0 Å². The summed E-state index contributed by atoms with van der Waals surface area (Å²) in [6.07, 6.45) is 5.19. The van der Waals surface area contributed by atoms with Crippen LogP contribution in [0.3, 0.4) is 0 Å². The molecule has 0 aromatic carbocycles. The fraction of sp³-hybridized carbons (Fsp3) is 0.818. The van der Waals surface area contributed by atoms with Crippen LogP contribution in [0, 0.1) is 0 Å². The lowest BCUT2D eigenvalue weighted by Gasteiger charge is -2.34. The predicted molar refractivity (Wildman–Crippen MR) is 54.4 cm³/mol. The molecule has 0 aromatic rings. The highest BCUT2D eigenvalue weighted by atomic mass is 19.1. The Hall–Kier alpha value is -0.370. The lowest BCUT2D eigenvalue weighted by molar-refractivity contribution is 0.153. The molecule has 1 atom stereocenters. The van der Waals surface area contributed by atoms with Gasteiger partial charge in [-0.1, -0.05) is 20.3 Å². The Morgan fingerprint density at radius 1 is 1.54 bits per heavy atom. The summed E-state index contributed by atoms with van der Waals surface area (Å²) in [5.74, 6) is 0. The Bertz CT molecular complexity index is 200. The average molecular weight is 185 g/mol. The van der Waals surface area contributed by atoms with Crippen molar-refractivity contribution in [2.24, 2.45) is 0 Å². The zero-order valence-electron chi connectivity index (χ0n) is 8.94. The molecule has 0 bridgehead atoms. The van der Waals surface area contributed by atoms with Crippen LogP contribution in [0.15, 0.2) is 11.9 Å². The quantitative estimate of drug-likeness (QED) is 0.653. The molecule has 1 aliphatic heterocycles. The van der Waals surface area contributed by atoms with E-state index >= 15 is 0 Å². The molecule has 1 heterocycles. The first-order valence-electron chi connectivity index (χ1n) is 5.18.